The van der Waals surface area contributed by atoms with E-state index in [1.165, 1.54) is 11.3 Å². The summed E-state index contributed by atoms with van der Waals surface area (Å²) in [6, 6.07) is -0.375. The first kappa shape index (κ1) is 15.2. The highest BCUT2D eigenvalue weighted by molar-refractivity contribution is 7.89. The third-order valence-corrected chi connectivity index (χ3v) is 5.96. The van der Waals surface area contributed by atoms with Crippen molar-refractivity contribution in [3.63, 3.8) is 0 Å². The van der Waals surface area contributed by atoms with Crippen molar-refractivity contribution in [2.75, 3.05) is 0 Å². The summed E-state index contributed by atoms with van der Waals surface area (Å²) in [6.45, 7) is 3.89. The molecule has 2 aromatic heterocycles. The van der Waals surface area contributed by atoms with Crippen molar-refractivity contribution in [1.29, 1.82) is 0 Å². The van der Waals surface area contributed by atoms with Crippen LogP contribution in [0.5, 0.6) is 0 Å². The lowest BCUT2D eigenvalue weighted by Gasteiger charge is -2.15. The van der Waals surface area contributed by atoms with Gasteiger partial charge >= 0.3 is 0 Å². The molecule has 0 aromatic carbocycles. The second-order valence-electron chi connectivity index (χ2n) is 4.43. The summed E-state index contributed by atoms with van der Waals surface area (Å²) in [5.41, 5.74) is 6.34. The summed E-state index contributed by atoms with van der Waals surface area (Å²) in [5.74, 6) is 0.609. The summed E-state index contributed by atoms with van der Waals surface area (Å²) in [7, 11) is -3.61. The molecular formula is C12H18N4O2S2. The maximum absolute atomic E-state index is 12.6. The number of thiophene rings is 1. The lowest BCUT2D eigenvalue weighted by atomic mass is 10.2. The predicted molar refractivity (Wildman–Crippen MR) is 78.9 cm³/mol. The molecule has 1 unspecified atom stereocenters. The number of nitrogens with zero attached hydrogens (tertiary/aromatic N) is 1. The van der Waals surface area contributed by atoms with E-state index >= 15 is 0 Å². The van der Waals surface area contributed by atoms with E-state index in [9.17, 15) is 8.42 Å². The first-order valence-electron chi connectivity index (χ1n) is 6.28. The minimum Gasteiger partial charge on any atom is -0.347 e. The molecule has 0 bridgehead atoms. The third kappa shape index (κ3) is 2.93. The Morgan fingerprint density at radius 1 is 1.55 bits per heavy atom. The smallest absolute Gasteiger partial charge is 0.242 e. The number of nitrogens with two attached hydrogens (primary N) is 1. The molecule has 20 heavy (non-hydrogen) atoms. The van der Waals surface area contributed by atoms with Crippen molar-refractivity contribution in [2.24, 2.45) is 5.73 Å². The van der Waals surface area contributed by atoms with Crippen LogP contribution in [-0.4, -0.2) is 18.4 Å². The third-order valence-electron chi connectivity index (χ3n) is 3.00. The average molecular weight is 314 g/mol. The Bertz CT molecular complexity index is 662. The highest BCUT2D eigenvalue weighted by Gasteiger charge is 2.26. The second-order valence-corrected chi connectivity index (χ2v) is 7.05. The van der Waals surface area contributed by atoms with Gasteiger partial charge in [-0.15, -0.1) is 11.3 Å². The van der Waals surface area contributed by atoms with Crippen LogP contribution in [0.2, 0.25) is 0 Å². The fraction of sp³-hybridized carbons (Fsp3) is 0.417. The van der Waals surface area contributed by atoms with Gasteiger partial charge in [0.15, 0.2) is 0 Å². The van der Waals surface area contributed by atoms with Gasteiger partial charge in [0, 0.05) is 23.8 Å². The van der Waals surface area contributed by atoms with E-state index in [1.807, 2.05) is 12.3 Å². The summed E-state index contributed by atoms with van der Waals surface area (Å²) in [6.07, 6.45) is 3.88. The fourth-order valence-electron chi connectivity index (χ4n) is 2.04. The van der Waals surface area contributed by atoms with Crippen LogP contribution in [0.4, 0.5) is 0 Å². The Balaban J connectivity index is 2.33. The van der Waals surface area contributed by atoms with E-state index in [-0.39, 0.29) is 12.6 Å². The molecule has 6 nitrogen and oxygen atoms in total. The van der Waals surface area contributed by atoms with Crippen LogP contribution in [0.15, 0.2) is 22.7 Å². The van der Waals surface area contributed by atoms with Crippen LogP contribution in [0, 0.1) is 6.92 Å². The SMILES string of the molecule is CCC(NS(=O)(=O)c1c(C)csc1CN)c1ncc[nH]1. The molecule has 1 atom stereocenters. The van der Waals surface area contributed by atoms with Crippen LogP contribution in [0.25, 0.3) is 0 Å². The minimum absolute atomic E-state index is 0.215. The topological polar surface area (TPSA) is 101 Å². The van der Waals surface area contributed by atoms with E-state index in [2.05, 4.69) is 14.7 Å². The van der Waals surface area contributed by atoms with Gasteiger partial charge in [-0.2, -0.15) is 0 Å². The number of hydrogen-bond acceptors (Lipinski definition) is 5. The Morgan fingerprint density at radius 2 is 2.30 bits per heavy atom. The molecule has 0 fully saturated rings. The number of nitrogens with one attached hydrogen (secondary N) is 2. The van der Waals surface area contributed by atoms with Gasteiger partial charge in [-0.1, -0.05) is 6.92 Å². The molecule has 0 amide bonds. The maximum atomic E-state index is 12.6. The molecule has 0 saturated carbocycles. The van der Waals surface area contributed by atoms with E-state index < -0.39 is 10.0 Å². The van der Waals surface area contributed by atoms with Crippen LogP contribution < -0.4 is 10.5 Å². The monoisotopic (exact) mass is 314 g/mol. The number of aromatic nitrogens is 2. The zero-order valence-electron chi connectivity index (χ0n) is 11.4. The normalized spacial score (nSPS) is 13.6. The van der Waals surface area contributed by atoms with Crippen LogP contribution in [0.1, 0.15) is 35.7 Å². The van der Waals surface area contributed by atoms with Gasteiger partial charge in [-0.3, -0.25) is 0 Å². The van der Waals surface area contributed by atoms with Crippen molar-refractivity contribution < 1.29 is 8.42 Å². The van der Waals surface area contributed by atoms with E-state index in [1.54, 1.807) is 19.3 Å². The number of aromatic amines is 1. The van der Waals surface area contributed by atoms with Crippen LogP contribution in [-0.2, 0) is 16.6 Å². The van der Waals surface area contributed by atoms with E-state index in [4.69, 9.17) is 5.73 Å². The summed E-state index contributed by atoms with van der Waals surface area (Å²) in [4.78, 5) is 8.02. The highest BCUT2D eigenvalue weighted by atomic mass is 32.2. The molecule has 0 aliphatic carbocycles. The molecule has 2 heterocycles. The number of hydrogen-bond donors (Lipinski definition) is 3. The zero-order valence-corrected chi connectivity index (χ0v) is 13.0. The lowest BCUT2D eigenvalue weighted by Crippen LogP contribution is -2.30. The van der Waals surface area contributed by atoms with Crippen molar-refractivity contribution >= 4 is 21.4 Å². The molecule has 0 aliphatic heterocycles. The van der Waals surface area contributed by atoms with Crippen molar-refractivity contribution in [3.8, 4) is 0 Å². The van der Waals surface area contributed by atoms with Crippen molar-refractivity contribution in [3.05, 3.63) is 34.0 Å². The fourth-order valence-corrected chi connectivity index (χ4v) is 5.02. The van der Waals surface area contributed by atoms with Crippen molar-refractivity contribution in [2.45, 2.75) is 37.8 Å². The average Bonchev–Trinajstić information content (AvgIpc) is 3.05. The Labute approximate surface area is 122 Å². The van der Waals surface area contributed by atoms with E-state index in [0.717, 1.165) is 5.56 Å². The molecule has 110 valence electrons. The number of aryl methyl sites for hydroxylation is 1. The summed E-state index contributed by atoms with van der Waals surface area (Å²) in [5, 5.41) is 1.81. The summed E-state index contributed by atoms with van der Waals surface area (Å²) < 4.78 is 27.8. The Hall–Kier alpha value is -1.22. The second kappa shape index (κ2) is 6.04. The number of imidazole rings is 1. The number of sulfonamides is 1. The van der Waals surface area contributed by atoms with Gasteiger partial charge in [-0.05, 0) is 24.3 Å². The van der Waals surface area contributed by atoms with Gasteiger partial charge in [0.05, 0.1) is 6.04 Å². The molecule has 0 aliphatic rings. The van der Waals surface area contributed by atoms with Crippen LogP contribution in [0.3, 0.4) is 0 Å². The first-order chi connectivity index (χ1) is 9.49. The molecule has 8 heteroatoms. The summed E-state index contributed by atoms with van der Waals surface area (Å²) >= 11 is 1.37. The molecular weight excluding hydrogens is 296 g/mol. The minimum atomic E-state index is -3.61. The standard InChI is InChI=1S/C12H18N4O2S2/c1-3-9(12-14-4-5-15-12)16-20(17,18)11-8(2)7-19-10(11)6-13/h4-5,7,9,16H,3,6,13H2,1-2H3,(H,14,15). The number of rotatable bonds is 6. The first-order valence-corrected chi connectivity index (χ1v) is 8.64. The Morgan fingerprint density at radius 3 is 2.85 bits per heavy atom. The van der Waals surface area contributed by atoms with Gasteiger partial charge in [-0.25, -0.2) is 18.1 Å². The molecule has 2 aromatic rings. The largest absolute Gasteiger partial charge is 0.347 e. The molecule has 2 rings (SSSR count). The molecule has 0 saturated heterocycles. The molecule has 0 radical (unpaired) electrons. The van der Waals surface area contributed by atoms with Gasteiger partial charge in [0.25, 0.3) is 0 Å². The number of H-pyrrole nitrogens is 1. The van der Waals surface area contributed by atoms with Crippen LogP contribution >= 0.6 is 11.3 Å². The predicted octanol–water partition coefficient (Wildman–Crippen LogP) is 1.67. The molecule has 0 spiro atoms. The van der Waals surface area contributed by atoms with E-state index in [0.29, 0.717) is 22.0 Å². The van der Waals surface area contributed by atoms with Gasteiger partial charge < -0.3 is 10.7 Å². The zero-order chi connectivity index (χ0) is 14.8. The Kier molecular flexibility index (Phi) is 4.59. The van der Waals surface area contributed by atoms with Crippen molar-refractivity contribution in [1.82, 2.24) is 14.7 Å². The van der Waals surface area contributed by atoms with Gasteiger partial charge in [0.1, 0.15) is 10.7 Å². The molecule has 4 N–H and O–H groups in total. The quantitative estimate of drug-likeness (QED) is 0.755. The highest BCUT2D eigenvalue weighted by Crippen LogP contribution is 2.28. The lowest BCUT2D eigenvalue weighted by molar-refractivity contribution is 0.538. The van der Waals surface area contributed by atoms with Gasteiger partial charge in [0.2, 0.25) is 10.0 Å². The maximum Gasteiger partial charge on any atom is 0.242 e.